The van der Waals surface area contributed by atoms with Gasteiger partial charge in [-0.05, 0) is 31.2 Å². The monoisotopic (exact) mass is 411 g/mol. The number of likely N-dealkylation sites (tertiary alicyclic amines) is 1. The van der Waals surface area contributed by atoms with E-state index in [-0.39, 0.29) is 16.9 Å². The third-order valence-electron chi connectivity index (χ3n) is 5.20. The van der Waals surface area contributed by atoms with Crippen molar-refractivity contribution in [3.05, 3.63) is 71.8 Å². The van der Waals surface area contributed by atoms with Gasteiger partial charge in [0.05, 0.1) is 0 Å². The van der Waals surface area contributed by atoms with Crippen molar-refractivity contribution in [1.29, 1.82) is 0 Å². The van der Waals surface area contributed by atoms with Crippen LogP contribution in [-0.2, 0) is 16.0 Å². The van der Waals surface area contributed by atoms with Crippen LogP contribution in [0.25, 0.3) is 0 Å². The molecule has 2 aromatic carbocycles. The fourth-order valence-electron chi connectivity index (χ4n) is 3.68. The van der Waals surface area contributed by atoms with Crippen molar-refractivity contribution in [1.82, 2.24) is 4.90 Å². The molecule has 0 saturated carbocycles. The van der Waals surface area contributed by atoms with Crippen LogP contribution in [0.2, 0.25) is 0 Å². The summed E-state index contributed by atoms with van der Waals surface area (Å²) < 4.78 is 0. The molecule has 0 aromatic heterocycles. The van der Waals surface area contributed by atoms with E-state index in [1.165, 1.54) is 16.7 Å². The van der Waals surface area contributed by atoms with E-state index in [9.17, 15) is 19.5 Å². The predicted octanol–water partition coefficient (Wildman–Crippen LogP) is 3.88. The molecule has 1 aliphatic rings. The summed E-state index contributed by atoms with van der Waals surface area (Å²) >= 11 is 1.21. The van der Waals surface area contributed by atoms with Crippen LogP contribution in [0, 0.1) is 5.92 Å². The van der Waals surface area contributed by atoms with E-state index in [0.717, 1.165) is 5.56 Å². The molecule has 1 fully saturated rings. The number of hydrogen-bond donors (Lipinski definition) is 1. The molecule has 3 rings (SSSR count). The first-order valence-electron chi connectivity index (χ1n) is 9.85. The highest BCUT2D eigenvalue weighted by Crippen LogP contribution is 2.25. The van der Waals surface area contributed by atoms with Gasteiger partial charge in [-0.2, -0.15) is 0 Å². The van der Waals surface area contributed by atoms with E-state index in [4.69, 9.17) is 0 Å². The van der Waals surface area contributed by atoms with E-state index in [1.807, 2.05) is 48.5 Å². The minimum Gasteiger partial charge on any atom is -0.480 e. The van der Waals surface area contributed by atoms with Gasteiger partial charge in [0.25, 0.3) is 0 Å². The lowest BCUT2D eigenvalue weighted by Crippen LogP contribution is -2.44. The Labute approximate surface area is 175 Å². The molecule has 1 saturated heterocycles. The first kappa shape index (κ1) is 21.1. The maximum atomic E-state index is 13.2. The number of aliphatic carboxylic acids is 1. The molecule has 29 heavy (non-hydrogen) atoms. The molecule has 2 atom stereocenters. The molecule has 1 amide bonds. The van der Waals surface area contributed by atoms with E-state index < -0.39 is 12.0 Å². The van der Waals surface area contributed by atoms with Crippen molar-refractivity contribution in [2.75, 3.05) is 12.3 Å². The molecular formula is C23H25NO4S. The molecule has 0 bridgehead atoms. The van der Waals surface area contributed by atoms with E-state index in [0.29, 0.717) is 43.5 Å². The van der Waals surface area contributed by atoms with Crippen LogP contribution >= 0.6 is 11.8 Å². The van der Waals surface area contributed by atoms with Crippen LogP contribution in [0.1, 0.15) is 35.2 Å². The van der Waals surface area contributed by atoms with Crippen molar-refractivity contribution in [2.45, 2.75) is 31.7 Å². The number of nitrogens with zero attached hydrogens (tertiary/aromatic N) is 1. The number of amides is 1. The molecule has 1 unspecified atom stereocenters. The maximum Gasteiger partial charge on any atom is 0.326 e. The van der Waals surface area contributed by atoms with Gasteiger partial charge < -0.3 is 10.0 Å². The smallest absolute Gasteiger partial charge is 0.326 e. The minimum atomic E-state index is -0.942. The Morgan fingerprint density at radius 1 is 1.03 bits per heavy atom. The van der Waals surface area contributed by atoms with Crippen LogP contribution in [0.4, 0.5) is 0 Å². The summed E-state index contributed by atoms with van der Waals surface area (Å²) in [4.78, 5) is 38.5. The Morgan fingerprint density at radius 3 is 2.34 bits per heavy atom. The minimum absolute atomic E-state index is 0.0129. The average molecular weight is 412 g/mol. The number of carbonyl (C=O) groups is 3. The lowest BCUT2D eigenvalue weighted by molar-refractivity contribution is -0.149. The number of rotatable bonds is 8. The summed E-state index contributed by atoms with van der Waals surface area (Å²) in [7, 11) is 0. The van der Waals surface area contributed by atoms with Gasteiger partial charge in [-0.3, -0.25) is 9.59 Å². The van der Waals surface area contributed by atoms with Crippen LogP contribution in [0.3, 0.4) is 0 Å². The van der Waals surface area contributed by atoms with Crippen LogP contribution in [0.5, 0.6) is 0 Å². The van der Waals surface area contributed by atoms with Gasteiger partial charge in [-0.1, -0.05) is 72.4 Å². The van der Waals surface area contributed by atoms with Gasteiger partial charge in [0, 0.05) is 23.8 Å². The average Bonchev–Trinajstić information content (AvgIpc) is 3.24. The summed E-state index contributed by atoms with van der Waals surface area (Å²) in [6.07, 6.45) is 2.28. The summed E-state index contributed by atoms with van der Waals surface area (Å²) in [6, 6.07) is 18.1. The molecule has 0 radical (unpaired) electrons. The zero-order chi connectivity index (χ0) is 20.6. The highest BCUT2D eigenvalue weighted by Gasteiger charge is 2.36. The third kappa shape index (κ3) is 5.70. The lowest BCUT2D eigenvalue weighted by atomic mass is 9.95. The number of hydrogen-bond acceptors (Lipinski definition) is 4. The van der Waals surface area contributed by atoms with Gasteiger partial charge >= 0.3 is 5.97 Å². The second-order valence-electron chi connectivity index (χ2n) is 7.21. The SMILES string of the molecule is O=C(SCCC(Cc1ccccc1)C(=O)N1CCC[C@H]1C(=O)O)c1ccccc1. The summed E-state index contributed by atoms with van der Waals surface area (Å²) in [6.45, 7) is 0.483. The van der Waals surface area contributed by atoms with Crippen molar-refractivity contribution in [2.24, 2.45) is 5.92 Å². The zero-order valence-electron chi connectivity index (χ0n) is 16.2. The van der Waals surface area contributed by atoms with Crippen LogP contribution in [-0.4, -0.2) is 45.3 Å². The first-order chi connectivity index (χ1) is 14.1. The Morgan fingerprint density at radius 2 is 1.69 bits per heavy atom. The van der Waals surface area contributed by atoms with Gasteiger partial charge in [0.2, 0.25) is 11.0 Å². The molecular weight excluding hydrogens is 386 g/mol. The quantitative estimate of drug-likeness (QED) is 0.713. The van der Waals surface area contributed by atoms with Gasteiger partial charge in [0.1, 0.15) is 6.04 Å². The number of thioether (sulfide) groups is 1. The molecule has 5 nitrogen and oxygen atoms in total. The van der Waals surface area contributed by atoms with Crippen molar-refractivity contribution in [3.63, 3.8) is 0 Å². The predicted molar refractivity (Wildman–Crippen MR) is 114 cm³/mol. The maximum absolute atomic E-state index is 13.2. The number of benzene rings is 2. The lowest BCUT2D eigenvalue weighted by Gasteiger charge is -2.27. The Balaban J connectivity index is 1.67. The number of carbonyl (C=O) groups excluding carboxylic acids is 2. The molecule has 152 valence electrons. The molecule has 0 spiro atoms. The van der Waals surface area contributed by atoms with Crippen molar-refractivity contribution in [3.8, 4) is 0 Å². The third-order valence-corrected chi connectivity index (χ3v) is 6.14. The largest absolute Gasteiger partial charge is 0.480 e. The molecule has 6 heteroatoms. The molecule has 0 aliphatic carbocycles. The normalized spacial score (nSPS) is 17.1. The fraction of sp³-hybridized carbons (Fsp3) is 0.348. The van der Waals surface area contributed by atoms with Crippen molar-refractivity contribution >= 4 is 28.8 Å². The fourth-order valence-corrected chi connectivity index (χ4v) is 4.58. The highest BCUT2D eigenvalue weighted by atomic mass is 32.2. The summed E-state index contributed by atoms with van der Waals surface area (Å²) in [5, 5.41) is 9.42. The van der Waals surface area contributed by atoms with Gasteiger partial charge in [-0.15, -0.1) is 0 Å². The van der Waals surface area contributed by atoms with Crippen molar-refractivity contribution < 1.29 is 19.5 Å². The standard InChI is InChI=1S/C23H25NO4S/c25-21(24-14-7-12-20(24)22(26)27)19(16-17-8-3-1-4-9-17)13-15-29-23(28)18-10-5-2-6-11-18/h1-6,8-11,19-20H,7,12-16H2,(H,26,27)/t19?,20-/m0/s1. The number of carboxylic acids is 1. The molecule has 2 aromatic rings. The van der Waals surface area contributed by atoms with Gasteiger partial charge in [0.15, 0.2) is 0 Å². The summed E-state index contributed by atoms with van der Waals surface area (Å²) in [5.41, 5.74) is 1.69. The van der Waals surface area contributed by atoms with Gasteiger partial charge in [-0.25, -0.2) is 4.79 Å². The van der Waals surface area contributed by atoms with Crippen LogP contribution in [0.15, 0.2) is 60.7 Å². The van der Waals surface area contributed by atoms with Crippen LogP contribution < -0.4 is 0 Å². The van der Waals surface area contributed by atoms with E-state index in [1.54, 1.807) is 12.1 Å². The second-order valence-corrected chi connectivity index (χ2v) is 8.27. The molecule has 1 heterocycles. The Bertz CT molecular complexity index is 840. The zero-order valence-corrected chi connectivity index (χ0v) is 17.0. The van der Waals surface area contributed by atoms with E-state index in [2.05, 4.69) is 0 Å². The second kappa shape index (κ2) is 10.3. The molecule has 1 aliphatic heterocycles. The topological polar surface area (TPSA) is 74.7 Å². The number of carboxylic acid groups (broad SMARTS) is 1. The summed E-state index contributed by atoms with van der Waals surface area (Å²) in [5.74, 6) is -0.884. The highest BCUT2D eigenvalue weighted by molar-refractivity contribution is 8.14. The molecule has 1 N–H and O–H groups in total. The Kier molecular flexibility index (Phi) is 7.47. The van der Waals surface area contributed by atoms with E-state index >= 15 is 0 Å². The first-order valence-corrected chi connectivity index (χ1v) is 10.8. The Hall–Kier alpha value is -2.60.